The summed E-state index contributed by atoms with van der Waals surface area (Å²) in [6, 6.07) is 6.16. The van der Waals surface area contributed by atoms with Crippen LogP contribution in [-0.4, -0.2) is 18.6 Å². The number of nitro benzene ring substituents is 1. The predicted molar refractivity (Wildman–Crippen MR) is 82.5 cm³/mol. The second kappa shape index (κ2) is 6.31. The average molecular weight is 336 g/mol. The van der Waals surface area contributed by atoms with E-state index in [-0.39, 0.29) is 29.8 Å². The molecule has 0 saturated carbocycles. The van der Waals surface area contributed by atoms with E-state index >= 15 is 0 Å². The van der Waals surface area contributed by atoms with Crippen molar-refractivity contribution in [2.45, 2.75) is 12.5 Å². The summed E-state index contributed by atoms with van der Waals surface area (Å²) in [7, 11) is 1.27. The van der Waals surface area contributed by atoms with Crippen LogP contribution < -0.4 is 14.8 Å². The lowest BCUT2D eigenvalue weighted by Gasteiger charge is -2.27. The van der Waals surface area contributed by atoms with Crippen molar-refractivity contribution in [3.63, 3.8) is 0 Å². The van der Waals surface area contributed by atoms with Gasteiger partial charge in [0, 0.05) is 18.1 Å². The van der Waals surface area contributed by atoms with E-state index in [1.165, 1.54) is 19.2 Å². The molecule has 126 valence electrons. The molecule has 2 aromatic carbocycles. The van der Waals surface area contributed by atoms with Gasteiger partial charge in [-0.1, -0.05) is 12.1 Å². The standard InChI is InChI=1S/C16H14F2N2O4/c1-23-15-8-13(11(18)7-14(15)20(21)22)19-12-5-6-24-16-9(12)3-2-4-10(16)17/h2-4,7-8,12,19H,5-6H2,1H3/t12-/m0/s1. The van der Waals surface area contributed by atoms with Gasteiger partial charge in [-0.3, -0.25) is 10.1 Å². The van der Waals surface area contributed by atoms with Crippen molar-refractivity contribution in [1.29, 1.82) is 0 Å². The summed E-state index contributed by atoms with van der Waals surface area (Å²) in [5.41, 5.74) is 0.150. The highest BCUT2D eigenvalue weighted by molar-refractivity contribution is 5.60. The zero-order chi connectivity index (χ0) is 17.3. The molecule has 0 spiro atoms. The van der Waals surface area contributed by atoms with Gasteiger partial charge in [-0.15, -0.1) is 0 Å². The monoisotopic (exact) mass is 336 g/mol. The maximum Gasteiger partial charge on any atom is 0.313 e. The third-order valence-electron chi connectivity index (χ3n) is 3.82. The fourth-order valence-electron chi connectivity index (χ4n) is 2.68. The van der Waals surface area contributed by atoms with Gasteiger partial charge in [0.15, 0.2) is 23.1 Å². The van der Waals surface area contributed by atoms with E-state index in [0.29, 0.717) is 12.0 Å². The highest BCUT2D eigenvalue weighted by atomic mass is 19.1. The minimum absolute atomic E-state index is 0.0413. The van der Waals surface area contributed by atoms with Crippen molar-refractivity contribution in [3.05, 3.63) is 57.6 Å². The highest BCUT2D eigenvalue weighted by Gasteiger charge is 2.26. The van der Waals surface area contributed by atoms with Crippen molar-refractivity contribution in [2.75, 3.05) is 19.0 Å². The molecule has 0 aliphatic carbocycles. The molecule has 24 heavy (non-hydrogen) atoms. The van der Waals surface area contributed by atoms with E-state index in [4.69, 9.17) is 9.47 Å². The first-order valence-corrected chi connectivity index (χ1v) is 7.21. The molecule has 3 rings (SSSR count). The highest BCUT2D eigenvalue weighted by Crippen LogP contribution is 2.38. The third-order valence-corrected chi connectivity index (χ3v) is 3.82. The summed E-state index contributed by atoms with van der Waals surface area (Å²) < 4.78 is 38.3. The molecular formula is C16H14F2N2O4. The number of nitrogens with one attached hydrogen (secondary N) is 1. The predicted octanol–water partition coefficient (Wildman–Crippen LogP) is 3.82. The zero-order valence-corrected chi connectivity index (χ0v) is 12.7. The fraction of sp³-hybridized carbons (Fsp3) is 0.250. The van der Waals surface area contributed by atoms with Gasteiger partial charge < -0.3 is 14.8 Å². The summed E-state index contributed by atoms with van der Waals surface area (Å²) in [5.74, 6) is -1.20. The molecule has 0 bridgehead atoms. The quantitative estimate of drug-likeness (QED) is 0.679. The summed E-state index contributed by atoms with van der Waals surface area (Å²) in [6.45, 7) is 0.275. The Morgan fingerprint density at radius 3 is 2.83 bits per heavy atom. The van der Waals surface area contributed by atoms with Crippen LogP contribution in [0.1, 0.15) is 18.0 Å². The van der Waals surface area contributed by atoms with Crippen LogP contribution in [0, 0.1) is 21.7 Å². The van der Waals surface area contributed by atoms with Crippen molar-refractivity contribution in [1.82, 2.24) is 0 Å². The smallest absolute Gasteiger partial charge is 0.313 e. The van der Waals surface area contributed by atoms with Gasteiger partial charge in [0.2, 0.25) is 0 Å². The number of methoxy groups -OCH3 is 1. The molecule has 2 aromatic rings. The fourth-order valence-corrected chi connectivity index (χ4v) is 2.68. The van der Waals surface area contributed by atoms with Crippen LogP contribution in [0.5, 0.6) is 11.5 Å². The molecule has 1 heterocycles. The molecule has 1 N–H and O–H groups in total. The number of halogens is 2. The first-order chi connectivity index (χ1) is 11.5. The number of benzene rings is 2. The van der Waals surface area contributed by atoms with E-state index in [2.05, 4.69) is 5.32 Å². The Hall–Kier alpha value is -2.90. The Balaban J connectivity index is 1.96. The molecule has 1 aliphatic heterocycles. The van der Waals surface area contributed by atoms with Gasteiger partial charge in [-0.25, -0.2) is 8.78 Å². The molecule has 0 saturated heterocycles. The summed E-state index contributed by atoms with van der Waals surface area (Å²) in [4.78, 5) is 10.2. The lowest BCUT2D eigenvalue weighted by molar-refractivity contribution is -0.385. The minimum atomic E-state index is -0.785. The zero-order valence-electron chi connectivity index (χ0n) is 12.7. The number of nitrogens with zero attached hydrogens (tertiary/aromatic N) is 1. The summed E-state index contributed by atoms with van der Waals surface area (Å²) in [6.07, 6.45) is 0.495. The van der Waals surface area contributed by atoms with Crippen LogP contribution in [0.2, 0.25) is 0 Å². The Labute approximate surface area is 136 Å². The molecular weight excluding hydrogens is 322 g/mol. The van der Waals surface area contributed by atoms with Crippen LogP contribution in [0.3, 0.4) is 0 Å². The maximum atomic E-state index is 14.2. The number of fused-ring (bicyclic) bond motifs is 1. The molecule has 0 unspecified atom stereocenters. The number of para-hydroxylation sites is 1. The van der Waals surface area contributed by atoms with Crippen molar-refractivity contribution in [3.8, 4) is 11.5 Å². The van der Waals surface area contributed by atoms with Crippen molar-refractivity contribution in [2.24, 2.45) is 0 Å². The molecule has 0 amide bonds. The van der Waals surface area contributed by atoms with Crippen LogP contribution in [-0.2, 0) is 0 Å². The molecule has 1 aliphatic rings. The van der Waals surface area contributed by atoms with Gasteiger partial charge in [0.05, 0.1) is 36.4 Å². The molecule has 0 radical (unpaired) electrons. The summed E-state index contributed by atoms with van der Waals surface area (Å²) >= 11 is 0. The lowest BCUT2D eigenvalue weighted by Crippen LogP contribution is -2.21. The number of rotatable bonds is 4. The summed E-state index contributed by atoms with van der Waals surface area (Å²) in [5, 5.41) is 13.9. The van der Waals surface area contributed by atoms with Crippen LogP contribution in [0.4, 0.5) is 20.2 Å². The van der Waals surface area contributed by atoms with E-state index in [1.807, 2.05) is 0 Å². The maximum absolute atomic E-state index is 14.2. The number of anilines is 1. The van der Waals surface area contributed by atoms with Crippen LogP contribution in [0.25, 0.3) is 0 Å². The van der Waals surface area contributed by atoms with E-state index in [0.717, 1.165) is 6.07 Å². The van der Waals surface area contributed by atoms with Gasteiger partial charge in [-0.2, -0.15) is 0 Å². The Morgan fingerprint density at radius 1 is 1.33 bits per heavy atom. The number of hydrogen-bond acceptors (Lipinski definition) is 5. The van der Waals surface area contributed by atoms with E-state index in [1.54, 1.807) is 12.1 Å². The Morgan fingerprint density at radius 2 is 2.12 bits per heavy atom. The SMILES string of the molecule is COc1cc(N[C@H]2CCOc3c(F)cccc32)c(F)cc1[N+](=O)[O-]. The van der Waals surface area contributed by atoms with Gasteiger partial charge in [0.25, 0.3) is 0 Å². The molecule has 0 fully saturated rings. The van der Waals surface area contributed by atoms with E-state index < -0.39 is 22.2 Å². The molecule has 6 nitrogen and oxygen atoms in total. The first-order valence-electron chi connectivity index (χ1n) is 7.21. The van der Waals surface area contributed by atoms with Crippen LogP contribution >= 0.6 is 0 Å². The van der Waals surface area contributed by atoms with Gasteiger partial charge in [0.1, 0.15) is 0 Å². The topological polar surface area (TPSA) is 73.6 Å². The normalized spacial score (nSPS) is 16.0. The Bertz CT molecular complexity index is 798. The van der Waals surface area contributed by atoms with Gasteiger partial charge >= 0.3 is 5.69 Å². The molecule has 1 atom stereocenters. The molecule has 0 aromatic heterocycles. The van der Waals surface area contributed by atoms with Crippen LogP contribution in [0.15, 0.2) is 30.3 Å². The largest absolute Gasteiger partial charge is 0.490 e. The van der Waals surface area contributed by atoms with Gasteiger partial charge in [-0.05, 0) is 6.07 Å². The minimum Gasteiger partial charge on any atom is -0.490 e. The second-order valence-electron chi connectivity index (χ2n) is 5.25. The van der Waals surface area contributed by atoms with Crippen molar-refractivity contribution < 1.29 is 23.2 Å². The Kier molecular flexibility index (Phi) is 4.20. The number of nitro groups is 1. The van der Waals surface area contributed by atoms with Crippen molar-refractivity contribution >= 4 is 11.4 Å². The third kappa shape index (κ3) is 2.82. The lowest BCUT2D eigenvalue weighted by atomic mass is 10.00. The number of ether oxygens (including phenoxy) is 2. The molecule has 8 heteroatoms. The number of hydrogen-bond donors (Lipinski definition) is 1. The van der Waals surface area contributed by atoms with E-state index in [9.17, 15) is 18.9 Å². The first kappa shape index (κ1) is 16.0. The second-order valence-corrected chi connectivity index (χ2v) is 5.25. The average Bonchev–Trinajstić information content (AvgIpc) is 2.57.